The molecule has 108 valence electrons. The predicted molar refractivity (Wildman–Crippen MR) is 89.0 cm³/mol. The van der Waals surface area contributed by atoms with Crippen LogP contribution in [-0.4, -0.2) is 12.2 Å². The highest BCUT2D eigenvalue weighted by Crippen LogP contribution is 2.39. The SMILES string of the molecule is COc1ccc2c(c1)CCCC(Br)=C2c1ccc(O)cc1. The standard InChI is InChI=1S/C18H17BrO2/c1-21-15-9-10-16-13(11-15)3-2-4-17(19)18(16)12-5-7-14(20)8-6-12/h5-11,20H,2-4H2,1H3. The van der Waals surface area contributed by atoms with Gasteiger partial charge in [-0.3, -0.25) is 0 Å². The molecule has 3 heteroatoms. The molecule has 0 aromatic heterocycles. The number of benzene rings is 2. The van der Waals surface area contributed by atoms with Crippen LogP contribution in [0.3, 0.4) is 0 Å². The van der Waals surface area contributed by atoms with E-state index in [2.05, 4.69) is 28.1 Å². The maximum atomic E-state index is 9.50. The average molecular weight is 345 g/mol. The van der Waals surface area contributed by atoms with E-state index in [0.29, 0.717) is 5.75 Å². The third kappa shape index (κ3) is 2.84. The number of aryl methyl sites for hydroxylation is 1. The van der Waals surface area contributed by atoms with Gasteiger partial charge in [0.1, 0.15) is 11.5 Å². The molecular weight excluding hydrogens is 328 g/mol. The van der Waals surface area contributed by atoms with Gasteiger partial charge in [0.15, 0.2) is 0 Å². The molecule has 0 saturated heterocycles. The van der Waals surface area contributed by atoms with Crippen LogP contribution in [0.5, 0.6) is 11.5 Å². The molecule has 0 spiro atoms. The third-order valence-corrected chi connectivity index (χ3v) is 4.64. The Labute approximate surface area is 133 Å². The Balaban J connectivity index is 2.16. The van der Waals surface area contributed by atoms with Crippen molar-refractivity contribution in [3.05, 3.63) is 63.6 Å². The average Bonchev–Trinajstić information content (AvgIpc) is 2.66. The molecule has 0 fully saturated rings. The molecule has 1 aliphatic carbocycles. The first-order valence-corrected chi connectivity index (χ1v) is 7.83. The zero-order valence-electron chi connectivity index (χ0n) is 11.9. The van der Waals surface area contributed by atoms with E-state index in [-0.39, 0.29) is 0 Å². The van der Waals surface area contributed by atoms with Crippen LogP contribution in [0.2, 0.25) is 0 Å². The predicted octanol–water partition coefficient (Wildman–Crippen LogP) is 4.89. The van der Waals surface area contributed by atoms with Crippen molar-refractivity contribution in [2.75, 3.05) is 7.11 Å². The second-order valence-corrected chi connectivity index (χ2v) is 6.16. The van der Waals surface area contributed by atoms with Gasteiger partial charge in [0.25, 0.3) is 0 Å². The molecule has 2 aromatic rings. The van der Waals surface area contributed by atoms with E-state index in [1.807, 2.05) is 18.2 Å². The molecule has 0 unspecified atom stereocenters. The lowest BCUT2D eigenvalue weighted by Gasteiger charge is -2.14. The normalized spacial score (nSPS) is 14.6. The quantitative estimate of drug-likeness (QED) is 0.840. The van der Waals surface area contributed by atoms with Gasteiger partial charge < -0.3 is 9.84 Å². The molecule has 2 aromatic carbocycles. The van der Waals surface area contributed by atoms with Crippen LogP contribution in [0.25, 0.3) is 5.57 Å². The Kier molecular flexibility index (Phi) is 4.02. The summed E-state index contributed by atoms with van der Waals surface area (Å²) in [5.74, 6) is 1.19. The van der Waals surface area contributed by atoms with Gasteiger partial charge in [-0.05, 0) is 65.8 Å². The number of rotatable bonds is 2. The number of hydrogen-bond acceptors (Lipinski definition) is 2. The largest absolute Gasteiger partial charge is 0.508 e. The van der Waals surface area contributed by atoms with Crippen molar-refractivity contribution in [3.8, 4) is 11.5 Å². The second-order valence-electron chi connectivity index (χ2n) is 5.20. The fourth-order valence-corrected chi connectivity index (χ4v) is 3.52. The lowest BCUT2D eigenvalue weighted by Crippen LogP contribution is -1.95. The lowest BCUT2D eigenvalue weighted by atomic mass is 9.93. The summed E-state index contributed by atoms with van der Waals surface area (Å²) in [4.78, 5) is 0. The van der Waals surface area contributed by atoms with Crippen LogP contribution in [0.15, 0.2) is 46.9 Å². The summed E-state index contributed by atoms with van der Waals surface area (Å²) in [6.45, 7) is 0. The molecule has 0 amide bonds. The van der Waals surface area contributed by atoms with Crippen molar-refractivity contribution < 1.29 is 9.84 Å². The summed E-state index contributed by atoms with van der Waals surface area (Å²) >= 11 is 3.75. The number of ether oxygens (including phenoxy) is 1. The molecule has 0 atom stereocenters. The highest BCUT2D eigenvalue weighted by molar-refractivity contribution is 9.11. The molecule has 21 heavy (non-hydrogen) atoms. The summed E-state index contributed by atoms with van der Waals surface area (Å²) < 4.78 is 6.56. The molecule has 0 aliphatic heterocycles. The minimum absolute atomic E-state index is 0.291. The molecule has 0 radical (unpaired) electrons. The van der Waals surface area contributed by atoms with E-state index >= 15 is 0 Å². The van der Waals surface area contributed by atoms with Crippen molar-refractivity contribution in [2.45, 2.75) is 19.3 Å². The number of hydrogen-bond donors (Lipinski definition) is 1. The molecular formula is C18H17BrO2. The van der Waals surface area contributed by atoms with Gasteiger partial charge in [-0.1, -0.05) is 34.1 Å². The smallest absolute Gasteiger partial charge is 0.119 e. The molecule has 1 aliphatic rings. The number of fused-ring (bicyclic) bond motifs is 1. The zero-order valence-corrected chi connectivity index (χ0v) is 13.5. The van der Waals surface area contributed by atoms with Crippen molar-refractivity contribution in [1.29, 1.82) is 0 Å². The molecule has 1 N–H and O–H groups in total. The summed E-state index contributed by atoms with van der Waals surface area (Å²) in [6.07, 6.45) is 3.18. The van der Waals surface area contributed by atoms with Gasteiger partial charge >= 0.3 is 0 Å². The van der Waals surface area contributed by atoms with Crippen molar-refractivity contribution >= 4 is 21.5 Å². The first kappa shape index (κ1) is 14.2. The van der Waals surface area contributed by atoms with E-state index in [9.17, 15) is 5.11 Å². The molecule has 0 bridgehead atoms. The Morgan fingerprint density at radius 3 is 2.52 bits per heavy atom. The number of halogens is 1. The van der Waals surface area contributed by atoms with Crippen molar-refractivity contribution in [2.24, 2.45) is 0 Å². The number of aromatic hydroxyl groups is 1. The molecule has 0 heterocycles. The van der Waals surface area contributed by atoms with Crippen LogP contribution in [-0.2, 0) is 6.42 Å². The van der Waals surface area contributed by atoms with Crippen LogP contribution < -0.4 is 4.74 Å². The first-order chi connectivity index (χ1) is 10.2. The summed E-state index contributed by atoms with van der Waals surface area (Å²) in [7, 11) is 1.70. The third-order valence-electron chi connectivity index (χ3n) is 3.85. The van der Waals surface area contributed by atoms with Crippen LogP contribution in [0, 0.1) is 0 Å². The summed E-state index contributed by atoms with van der Waals surface area (Å²) in [6, 6.07) is 13.7. The Morgan fingerprint density at radius 1 is 1.05 bits per heavy atom. The van der Waals surface area contributed by atoms with Gasteiger partial charge in [0.05, 0.1) is 7.11 Å². The van der Waals surface area contributed by atoms with Crippen LogP contribution in [0.4, 0.5) is 0 Å². The van der Waals surface area contributed by atoms with Crippen molar-refractivity contribution in [3.63, 3.8) is 0 Å². The number of allylic oxidation sites excluding steroid dienone is 1. The maximum absolute atomic E-state index is 9.50. The van der Waals surface area contributed by atoms with Gasteiger partial charge in [0, 0.05) is 4.48 Å². The van der Waals surface area contributed by atoms with E-state index in [0.717, 1.165) is 30.6 Å². The fraction of sp³-hybridized carbons (Fsp3) is 0.222. The molecule has 2 nitrogen and oxygen atoms in total. The molecule has 0 saturated carbocycles. The number of phenolic OH excluding ortho intramolecular Hbond substituents is 1. The van der Waals surface area contributed by atoms with Crippen LogP contribution >= 0.6 is 15.9 Å². The number of phenols is 1. The minimum atomic E-state index is 0.291. The van der Waals surface area contributed by atoms with Gasteiger partial charge in [-0.25, -0.2) is 0 Å². The highest BCUT2D eigenvalue weighted by atomic mass is 79.9. The topological polar surface area (TPSA) is 29.5 Å². The minimum Gasteiger partial charge on any atom is -0.508 e. The Morgan fingerprint density at radius 2 is 1.81 bits per heavy atom. The zero-order chi connectivity index (χ0) is 14.8. The Hall–Kier alpha value is -1.74. The highest BCUT2D eigenvalue weighted by Gasteiger charge is 2.18. The Bertz CT molecular complexity index is 687. The van der Waals surface area contributed by atoms with E-state index < -0.39 is 0 Å². The van der Waals surface area contributed by atoms with Gasteiger partial charge in [-0.15, -0.1) is 0 Å². The lowest BCUT2D eigenvalue weighted by molar-refractivity contribution is 0.414. The van der Waals surface area contributed by atoms with E-state index in [4.69, 9.17) is 4.74 Å². The maximum Gasteiger partial charge on any atom is 0.119 e. The van der Waals surface area contributed by atoms with Crippen molar-refractivity contribution in [1.82, 2.24) is 0 Å². The van der Waals surface area contributed by atoms with E-state index in [1.165, 1.54) is 21.2 Å². The first-order valence-electron chi connectivity index (χ1n) is 7.04. The summed E-state index contributed by atoms with van der Waals surface area (Å²) in [5.41, 5.74) is 4.89. The second kappa shape index (κ2) is 5.94. The number of methoxy groups -OCH3 is 1. The summed E-state index contributed by atoms with van der Waals surface area (Å²) in [5, 5.41) is 9.50. The monoisotopic (exact) mass is 344 g/mol. The fourth-order valence-electron chi connectivity index (χ4n) is 2.79. The van der Waals surface area contributed by atoms with E-state index in [1.54, 1.807) is 19.2 Å². The van der Waals surface area contributed by atoms with Gasteiger partial charge in [-0.2, -0.15) is 0 Å². The van der Waals surface area contributed by atoms with Gasteiger partial charge in [0.2, 0.25) is 0 Å². The van der Waals surface area contributed by atoms with Crippen LogP contribution in [0.1, 0.15) is 29.5 Å². The molecule has 3 rings (SSSR count).